The summed E-state index contributed by atoms with van der Waals surface area (Å²) in [5, 5.41) is 6.79. The summed E-state index contributed by atoms with van der Waals surface area (Å²) in [5.74, 6) is 1.59. The fraction of sp³-hybridized carbons (Fsp3) is 0.429. The van der Waals surface area contributed by atoms with E-state index < -0.39 is 0 Å². The van der Waals surface area contributed by atoms with E-state index in [1.54, 1.807) is 7.11 Å². The second-order valence-electron chi connectivity index (χ2n) is 5.95. The maximum Gasteiger partial charge on any atom is 0.161 e. The largest absolute Gasteiger partial charge is 0.493 e. The first-order chi connectivity index (χ1) is 12.3. The van der Waals surface area contributed by atoms with Crippen molar-refractivity contribution < 1.29 is 9.47 Å². The minimum absolute atomic E-state index is 0.641. The molecule has 0 bridgehead atoms. The summed E-state index contributed by atoms with van der Waals surface area (Å²) < 4.78 is 11.4. The molecule has 0 fully saturated rings. The maximum absolute atomic E-state index is 5.90. The zero-order valence-corrected chi connectivity index (χ0v) is 15.4. The Morgan fingerprint density at radius 2 is 1.68 bits per heavy atom. The molecule has 2 aromatic rings. The van der Waals surface area contributed by atoms with E-state index >= 15 is 0 Å². The third-order valence-corrected chi connectivity index (χ3v) is 4.01. The summed E-state index contributed by atoms with van der Waals surface area (Å²) >= 11 is 0. The molecular weight excluding hydrogens is 312 g/mol. The number of methoxy groups -OCH3 is 1. The highest BCUT2D eigenvalue weighted by Gasteiger charge is 2.06. The molecule has 0 saturated carbocycles. The van der Waals surface area contributed by atoms with Gasteiger partial charge < -0.3 is 20.1 Å². The SMILES string of the molecule is CCNCCCNCc1ccc(OCCc2ccccc2)c(OC)c1. The van der Waals surface area contributed by atoms with E-state index in [-0.39, 0.29) is 0 Å². The van der Waals surface area contributed by atoms with Crippen LogP contribution in [0.25, 0.3) is 0 Å². The van der Waals surface area contributed by atoms with Crippen LogP contribution in [0.1, 0.15) is 24.5 Å². The number of rotatable bonds is 12. The lowest BCUT2D eigenvalue weighted by atomic mass is 10.1. The summed E-state index contributed by atoms with van der Waals surface area (Å²) in [7, 11) is 1.69. The average Bonchev–Trinajstić information content (AvgIpc) is 2.66. The number of hydrogen-bond acceptors (Lipinski definition) is 4. The van der Waals surface area contributed by atoms with E-state index in [1.807, 2.05) is 12.1 Å². The number of ether oxygens (including phenoxy) is 2. The van der Waals surface area contributed by atoms with Gasteiger partial charge >= 0.3 is 0 Å². The van der Waals surface area contributed by atoms with Gasteiger partial charge in [-0.1, -0.05) is 43.3 Å². The van der Waals surface area contributed by atoms with E-state index in [2.05, 4.69) is 54.0 Å². The Morgan fingerprint density at radius 1 is 0.880 bits per heavy atom. The molecule has 0 saturated heterocycles. The van der Waals surface area contributed by atoms with Gasteiger partial charge in [0.2, 0.25) is 0 Å². The first-order valence-electron chi connectivity index (χ1n) is 9.08. The van der Waals surface area contributed by atoms with Crippen LogP contribution in [0.2, 0.25) is 0 Å². The van der Waals surface area contributed by atoms with Crippen molar-refractivity contribution in [2.45, 2.75) is 26.3 Å². The number of hydrogen-bond donors (Lipinski definition) is 2. The summed E-state index contributed by atoms with van der Waals surface area (Å²) in [6, 6.07) is 16.5. The Hall–Kier alpha value is -2.04. The van der Waals surface area contributed by atoms with Crippen molar-refractivity contribution in [3.8, 4) is 11.5 Å². The van der Waals surface area contributed by atoms with E-state index in [9.17, 15) is 0 Å². The van der Waals surface area contributed by atoms with Gasteiger partial charge in [0.1, 0.15) is 0 Å². The quantitative estimate of drug-likeness (QED) is 0.580. The Labute approximate surface area is 151 Å². The van der Waals surface area contributed by atoms with Gasteiger partial charge in [0.25, 0.3) is 0 Å². The molecule has 0 aliphatic heterocycles. The van der Waals surface area contributed by atoms with Crippen molar-refractivity contribution in [2.24, 2.45) is 0 Å². The van der Waals surface area contributed by atoms with Gasteiger partial charge in [0.15, 0.2) is 11.5 Å². The predicted octanol–water partition coefficient (Wildman–Crippen LogP) is 3.41. The Balaban J connectivity index is 1.78. The molecule has 4 nitrogen and oxygen atoms in total. The molecule has 0 radical (unpaired) electrons. The number of benzene rings is 2. The average molecular weight is 342 g/mol. The van der Waals surface area contributed by atoms with Crippen molar-refractivity contribution in [1.29, 1.82) is 0 Å². The van der Waals surface area contributed by atoms with Crippen LogP contribution in [0, 0.1) is 0 Å². The molecule has 2 aromatic carbocycles. The molecular formula is C21H30N2O2. The maximum atomic E-state index is 5.90. The van der Waals surface area contributed by atoms with E-state index in [0.29, 0.717) is 6.61 Å². The Morgan fingerprint density at radius 3 is 2.44 bits per heavy atom. The van der Waals surface area contributed by atoms with E-state index in [1.165, 1.54) is 11.1 Å². The van der Waals surface area contributed by atoms with Crippen LogP contribution in [0.15, 0.2) is 48.5 Å². The summed E-state index contributed by atoms with van der Waals surface area (Å²) in [6.07, 6.45) is 2.02. The van der Waals surface area contributed by atoms with Crippen molar-refractivity contribution in [2.75, 3.05) is 33.4 Å². The van der Waals surface area contributed by atoms with Crippen molar-refractivity contribution >= 4 is 0 Å². The lowest BCUT2D eigenvalue weighted by molar-refractivity contribution is 0.297. The van der Waals surface area contributed by atoms with Crippen LogP contribution in [0.3, 0.4) is 0 Å². The highest BCUT2D eigenvalue weighted by Crippen LogP contribution is 2.28. The molecule has 2 N–H and O–H groups in total. The first kappa shape index (κ1) is 19.3. The molecule has 2 rings (SSSR count). The molecule has 0 unspecified atom stereocenters. The van der Waals surface area contributed by atoms with Gasteiger partial charge in [-0.05, 0) is 49.3 Å². The Bertz CT molecular complexity index is 602. The zero-order chi connectivity index (χ0) is 17.7. The van der Waals surface area contributed by atoms with Gasteiger partial charge in [-0.2, -0.15) is 0 Å². The predicted molar refractivity (Wildman–Crippen MR) is 104 cm³/mol. The van der Waals surface area contributed by atoms with Gasteiger partial charge in [-0.3, -0.25) is 0 Å². The van der Waals surface area contributed by atoms with Crippen LogP contribution in [0.5, 0.6) is 11.5 Å². The first-order valence-corrected chi connectivity index (χ1v) is 9.08. The summed E-state index contributed by atoms with van der Waals surface area (Å²) in [5.41, 5.74) is 2.48. The van der Waals surface area contributed by atoms with Crippen LogP contribution in [-0.2, 0) is 13.0 Å². The second kappa shape index (κ2) is 11.5. The lowest BCUT2D eigenvalue weighted by Gasteiger charge is -2.13. The van der Waals surface area contributed by atoms with E-state index in [0.717, 1.165) is 50.5 Å². The van der Waals surface area contributed by atoms with Crippen LogP contribution in [-0.4, -0.2) is 33.4 Å². The normalized spacial score (nSPS) is 10.6. The molecule has 0 aromatic heterocycles. The molecule has 0 amide bonds. The standard InChI is InChI=1S/C21H30N2O2/c1-3-22-13-7-14-23-17-19-10-11-20(21(16-19)24-2)25-15-12-18-8-5-4-6-9-18/h4-6,8-11,16,22-23H,3,7,12-15,17H2,1-2H3. The molecule has 0 heterocycles. The fourth-order valence-corrected chi connectivity index (χ4v) is 2.61. The minimum Gasteiger partial charge on any atom is -0.493 e. The fourth-order valence-electron chi connectivity index (χ4n) is 2.61. The van der Waals surface area contributed by atoms with Crippen molar-refractivity contribution in [1.82, 2.24) is 10.6 Å². The molecule has 136 valence electrons. The highest BCUT2D eigenvalue weighted by atomic mass is 16.5. The van der Waals surface area contributed by atoms with Crippen molar-refractivity contribution in [3.63, 3.8) is 0 Å². The third kappa shape index (κ3) is 7.16. The highest BCUT2D eigenvalue weighted by molar-refractivity contribution is 5.43. The molecule has 0 aliphatic rings. The second-order valence-corrected chi connectivity index (χ2v) is 5.95. The lowest BCUT2D eigenvalue weighted by Crippen LogP contribution is -2.21. The third-order valence-electron chi connectivity index (χ3n) is 4.01. The van der Waals surface area contributed by atoms with Crippen molar-refractivity contribution in [3.05, 3.63) is 59.7 Å². The smallest absolute Gasteiger partial charge is 0.161 e. The van der Waals surface area contributed by atoms with Gasteiger partial charge in [0, 0.05) is 13.0 Å². The molecule has 0 aliphatic carbocycles. The van der Waals surface area contributed by atoms with Crippen LogP contribution in [0.4, 0.5) is 0 Å². The topological polar surface area (TPSA) is 42.5 Å². The number of nitrogens with one attached hydrogen (secondary N) is 2. The molecule has 25 heavy (non-hydrogen) atoms. The van der Waals surface area contributed by atoms with Gasteiger partial charge in [0.05, 0.1) is 13.7 Å². The van der Waals surface area contributed by atoms with Gasteiger partial charge in [-0.25, -0.2) is 0 Å². The molecule has 0 atom stereocenters. The Kier molecular flexibility index (Phi) is 8.87. The van der Waals surface area contributed by atoms with Crippen LogP contribution < -0.4 is 20.1 Å². The summed E-state index contributed by atoms with van der Waals surface area (Å²) in [6.45, 7) is 6.70. The monoisotopic (exact) mass is 342 g/mol. The van der Waals surface area contributed by atoms with Crippen LogP contribution >= 0.6 is 0 Å². The van der Waals surface area contributed by atoms with E-state index in [4.69, 9.17) is 9.47 Å². The summed E-state index contributed by atoms with van der Waals surface area (Å²) in [4.78, 5) is 0. The van der Waals surface area contributed by atoms with Gasteiger partial charge in [-0.15, -0.1) is 0 Å². The zero-order valence-electron chi connectivity index (χ0n) is 15.4. The minimum atomic E-state index is 0.641. The molecule has 4 heteroatoms. The molecule has 0 spiro atoms.